The average molecular weight is 984 g/mol. The molecule has 0 aliphatic carbocycles. The Bertz CT molecular complexity index is 3140. The lowest BCUT2D eigenvalue weighted by Crippen LogP contribution is -2.50. The molecule has 2 atom stereocenters. The summed E-state index contributed by atoms with van der Waals surface area (Å²) in [5.41, 5.74) is 12.0. The van der Waals surface area contributed by atoms with Gasteiger partial charge in [-0.3, -0.25) is 24.9 Å². The smallest absolute Gasteiger partial charge is 0.239 e. The normalized spacial score (nSPS) is 20.7. The number of halogens is 5. The van der Waals surface area contributed by atoms with Crippen LogP contribution in [0.2, 0.25) is 0 Å². The minimum absolute atomic E-state index is 0.00832. The Morgan fingerprint density at radius 2 is 1.08 bits per heavy atom. The molecule has 16 nitrogen and oxygen atoms in total. The molecule has 0 bridgehead atoms. The van der Waals surface area contributed by atoms with Crippen LogP contribution in [0.5, 0.6) is 0 Å². The van der Waals surface area contributed by atoms with E-state index < -0.39 is 65.9 Å². The second kappa shape index (κ2) is 18.3. The van der Waals surface area contributed by atoms with Crippen molar-refractivity contribution in [3.63, 3.8) is 0 Å². The van der Waals surface area contributed by atoms with Gasteiger partial charge in [0.1, 0.15) is 49.9 Å². The molecular formula is C41H39BrF4N12O4S2. The number of pyridine rings is 2. The van der Waals surface area contributed by atoms with Gasteiger partial charge >= 0.3 is 0 Å². The van der Waals surface area contributed by atoms with Crippen LogP contribution < -0.4 is 11.5 Å². The quantitative estimate of drug-likeness (QED) is 0.146. The summed E-state index contributed by atoms with van der Waals surface area (Å²) in [6, 6.07) is 11.1. The largest absolute Gasteiger partial charge is 0.369 e. The van der Waals surface area contributed by atoms with E-state index in [4.69, 9.17) is 11.5 Å². The van der Waals surface area contributed by atoms with Crippen LogP contribution in [0.4, 0.5) is 17.6 Å². The molecule has 2 aromatic carbocycles. The van der Waals surface area contributed by atoms with Crippen LogP contribution in [0.15, 0.2) is 106 Å². The van der Waals surface area contributed by atoms with Crippen molar-refractivity contribution in [2.45, 2.75) is 31.8 Å². The molecule has 0 spiro atoms. The fourth-order valence-electron chi connectivity index (χ4n) is 6.56. The molecule has 6 heterocycles. The number of aromatic nitrogens is 6. The standard InChI is InChI=1S/C20H18F2N6O2S.C14H17F2N3O2S.C7H4BrN3/c1-20(11-31(29,30)28(2)19(23)27-20)13-7-12(3-4-14(13)21)8-15(22)16-9-17-18(10-26-16)25-6-5-24-17;1-9(15)6-10-4-5-12(16)11(7-10)14(2)8-22(20,21)19(3)13(17)18-14;8-7-3-5-6(4-11-7)10-2-1-9-5/h3-10H,11H2,1-2H3,(H2,23,27);4-7H,8H2,1-3H3,(H2,17,18);1-4H/b15-8-;9-6-;/t20-;14-;/m00./s1. The van der Waals surface area contributed by atoms with Crippen LogP contribution in [-0.2, 0) is 31.1 Å². The molecule has 4 N–H and O–H groups in total. The van der Waals surface area contributed by atoms with Gasteiger partial charge in [-0.05, 0) is 96.4 Å². The van der Waals surface area contributed by atoms with E-state index in [1.807, 2.05) is 6.07 Å². The first-order chi connectivity index (χ1) is 30.0. The predicted octanol–water partition coefficient (Wildman–Crippen LogP) is 6.19. The summed E-state index contributed by atoms with van der Waals surface area (Å²) >= 11 is 3.25. The number of nitrogens with two attached hydrogens (primary N) is 2. The van der Waals surface area contributed by atoms with Gasteiger partial charge in [-0.15, -0.1) is 0 Å². The molecule has 0 amide bonds. The molecule has 23 heteroatoms. The monoisotopic (exact) mass is 982 g/mol. The molecule has 8 rings (SSSR count). The first-order valence-electron chi connectivity index (χ1n) is 18.7. The molecule has 334 valence electrons. The van der Waals surface area contributed by atoms with Crippen LogP contribution in [0.25, 0.3) is 40.0 Å². The average Bonchev–Trinajstić information content (AvgIpc) is 3.23. The van der Waals surface area contributed by atoms with Crippen molar-refractivity contribution in [2.75, 3.05) is 25.6 Å². The minimum atomic E-state index is -3.78. The Kier molecular flexibility index (Phi) is 13.5. The number of sulfonamides is 2. The zero-order chi connectivity index (χ0) is 46.8. The van der Waals surface area contributed by atoms with Crippen LogP contribution in [0.1, 0.15) is 48.7 Å². The maximum absolute atomic E-state index is 14.9. The minimum Gasteiger partial charge on any atom is -0.369 e. The fraction of sp³-hybridized carbons (Fsp3) is 0.220. The van der Waals surface area contributed by atoms with E-state index in [-0.39, 0.29) is 28.7 Å². The van der Waals surface area contributed by atoms with Gasteiger partial charge in [-0.25, -0.2) is 58.0 Å². The lowest BCUT2D eigenvalue weighted by atomic mass is 9.92. The number of aliphatic imine (C=N–C) groups is 2. The lowest BCUT2D eigenvalue weighted by Gasteiger charge is -2.34. The van der Waals surface area contributed by atoms with Crippen molar-refractivity contribution in [3.05, 3.63) is 136 Å². The zero-order valence-corrected chi connectivity index (χ0v) is 37.8. The Morgan fingerprint density at radius 3 is 1.53 bits per heavy atom. The fourth-order valence-corrected chi connectivity index (χ4v) is 9.78. The summed E-state index contributed by atoms with van der Waals surface area (Å²) in [4.78, 5) is 32.8. The Labute approximate surface area is 373 Å². The number of rotatable bonds is 5. The Morgan fingerprint density at radius 1 is 0.656 bits per heavy atom. The van der Waals surface area contributed by atoms with Crippen LogP contribution in [-0.4, -0.2) is 92.9 Å². The highest BCUT2D eigenvalue weighted by atomic mass is 79.9. The van der Waals surface area contributed by atoms with E-state index >= 15 is 0 Å². The molecule has 0 fully saturated rings. The predicted molar refractivity (Wildman–Crippen MR) is 240 cm³/mol. The van der Waals surface area contributed by atoms with Gasteiger partial charge in [0.15, 0.2) is 0 Å². The summed E-state index contributed by atoms with van der Waals surface area (Å²) in [7, 11) is -4.92. The van der Waals surface area contributed by atoms with Crippen LogP contribution in [0, 0.1) is 11.6 Å². The van der Waals surface area contributed by atoms with E-state index in [2.05, 4.69) is 55.8 Å². The highest BCUT2D eigenvalue weighted by Crippen LogP contribution is 2.36. The van der Waals surface area contributed by atoms with Crippen molar-refractivity contribution >= 4 is 87.9 Å². The first-order valence-corrected chi connectivity index (χ1v) is 22.8. The molecule has 0 saturated carbocycles. The van der Waals surface area contributed by atoms with Gasteiger partial charge in [-0.1, -0.05) is 12.1 Å². The highest BCUT2D eigenvalue weighted by Gasteiger charge is 2.43. The molecule has 0 saturated heterocycles. The molecule has 2 aliphatic heterocycles. The Hall–Kier alpha value is -6.46. The van der Waals surface area contributed by atoms with E-state index in [1.54, 1.807) is 18.6 Å². The number of benzene rings is 2. The van der Waals surface area contributed by atoms with Crippen molar-refractivity contribution in [1.82, 2.24) is 38.5 Å². The first kappa shape index (κ1) is 47.0. The van der Waals surface area contributed by atoms with Crippen molar-refractivity contribution in [3.8, 4) is 0 Å². The maximum atomic E-state index is 14.9. The van der Waals surface area contributed by atoms with Gasteiger partial charge in [0.25, 0.3) is 0 Å². The summed E-state index contributed by atoms with van der Waals surface area (Å²) in [6.07, 6.45) is 11.8. The summed E-state index contributed by atoms with van der Waals surface area (Å²) in [5.74, 6) is -3.76. The summed E-state index contributed by atoms with van der Waals surface area (Å²) < 4.78 is 108. The SMILES string of the molecule is Brc1cc2nccnc2cn1.C/C(F)=C/c1ccc(F)c([C@]2(C)CS(=O)(=O)N(C)C(N)=N2)c1.CN1C(N)=N[C@](C)(c2cc(/C=C(\F)c3cc4nccnc4cn3)ccc2F)CS1(=O)=O. The van der Waals surface area contributed by atoms with Gasteiger partial charge in [0, 0.05) is 50.0 Å². The van der Waals surface area contributed by atoms with E-state index in [0.717, 1.165) is 36.4 Å². The van der Waals surface area contributed by atoms with Crippen LogP contribution >= 0.6 is 15.9 Å². The zero-order valence-electron chi connectivity index (χ0n) is 34.6. The second-order valence-electron chi connectivity index (χ2n) is 14.8. The number of fused-ring (bicyclic) bond motifs is 2. The third-order valence-electron chi connectivity index (χ3n) is 9.85. The molecule has 2 aliphatic rings. The third kappa shape index (κ3) is 10.5. The van der Waals surface area contributed by atoms with Crippen molar-refractivity contribution in [1.29, 1.82) is 0 Å². The van der Waals surface area contributed by atoms with Gasteiger partial charge in [-0.2, -0.15) is 0 Å². The highest BCUT2D eigenvalue weighted by molar-refractivity contribution is 9.10. The van der Waals surface area contributed by atoms with E-state index in [0.29, 0.717) is 22.2 Å². The molecule has 64 heavy (non-hydrogen) atoms. The molecular weight excluding hydrogens is 945 g/mol. The van der Waals surface area contributed by atoms with E-state index in [9.17, 15) is 34.4 Å². The van der Waals surface area contributed by atoms with Gasteiger partial charge in [0.05, 0.1) is 40.8 Å². The summed E-state index contributed by atoms with van der Waals surface area (Å²) in [6.45, 7) is 4.22. The topological polar surface area (TPSA) is 229 Å². The van der Waals surface area contributed by atoms with Gasteiger partial charge < -0.3 is 11.5 Å². The number of hydrogen-bond donors (Lipinski definition) is 2. The van der Waals surface area contributed by atoms with Crippen LogP contribution in [0.3, 0.4) is 0 Å². The molecule has 4 aromatic heterocycles. The second-order valence-corrected chi connectivity index (χ2v) is 19.6. The number of allylic oxidation sites excluding steroid dienone is 1. The Balaban J connectivity index is 0.000000178. The third-order valence-corrected chi connectivity index (χ3v) is 14.2. The number of guanidine groups is 2. The van der Waals surface area contributed by atoms with Gasteiger partial charge in [0.2, 0.25) is 32.0 Å². The number of nitrogens with zero attached hydrogens (tertiary/aromatic N) is 10. The summed E-state index contributed by atoms with van der Waals surface area (Å²) in [5, 5.41) is 0. The van der Waals surface area contributed by atoms with Crippen molar-refractivity contribution in [2.24, 2.45) is 21.5 Å². The molecule has 6 aromatic rings. The number of hydrogen-bond acceptors (Lipinski definition) is 14. The van der Waals surface area contributed by atoms with E-state index in [1.165, 1.54) is 95.9 Å². The molecule has 0 radical (unpaired) electrons. The maximum Gasteiger partial charge on any atom is 0.239 e. The van der Waals surface area contributed by atoms with Crippen molar-refractivity contribution < 1.29 is 34.4 Å². The lowest BCUT2D eigenvalue weighted by molar-refractivity contribution is 0.456. The molecule has 0 unspecified atom stereocenters.